The lowest BCUT2D eigenvalue weighted by Gasteiger charge is -2.45. The van der Waals surface area contributed by atoms with Crippen LogP contribution in [0, 0.1) is 0 Å². The summed E-state index contributed by atoms with van der Waals surface area (Å²) in [6, 6.07) is 26.6. The van der Waals surface area contributed by atoms with Gasteiger partial charge in [0.2, 0.25) is 11.8 Å². The van der Waals surface area contributed by atoms with E-state index in [1.807, 2.05) is 72.8 Å². The quantitative estimate of drug-likeness (QED) is 0.119. The minimum Gasteiger partial charge on any atom is -0.411 e. The van der Waals surface area contributed by atoms with Crippen molar-refractivity contribution in [3.63, 3.8) is 0 Å². The number of carbonyl (C=O) groups is 2. The molecule has 2 fully saturated rings. The van der Waals surface area contributed by atoms with Crippen LogP contribution in [-0.4, -0.2) is 60.1 Å². The lowest BCUT2D eigenvalue weighted by Crippen LogP contribution is -2.55. The van der Waals surface area contributed by atoms with Gasteiger partial charge >= 0.3 is 0 Å². The Balaban J connectivity index is 0.000000167. The number of anilines is 2. The number of benzene rings is 4. The molecule has 10 nitrogen and oxygen atoms in total. The molecule has 0 unspecified atom stereocenters. The van der Waals surface area contributed by atoms with Gasteiger partial charge in [0.15, 0.2) is 0 Å². The van der Waals surface area contributed by atoms with E-state index >= 15 is 0 Å². The van der Waals surface area contributed by atoms with Crippen LogP contribution in [0.15, 0.2) is 104 Å². The minimum absolute atomic E-state index is 0.107. The average molecular weight is 899 g/mol. The fourth-order valence-electron chi connectivity index (χ4n) is 9.06. The highest BCUT2D eigenvalue weighted by atomic mass is 79.9. The molecule has 2 amide bonds. The summed E-state index contributed by atoms with van der Waals surface area (Å²) in [4.78, 5) is 26.8. The van der Waals surface area contributed by atoms with Crippen molar-refractivity contribution in [2.75, 3.05) is 24.9 Å². The number of methoxy groups -OCH3 is 2. The molecule has 4 aromatic rings. The lowest BCUT2D eigenvalue weighted by molar-refractivity contribution is -0.128. The first-order valence-corrected chi connectivity index (χ1v) is 19.5. The van der Waals surface area contributed by atoms with E-state index in [4.69, 9.17) is 32.7 Å². The molecule has 2 aliphatic heterocycles. The van der Waals surface area contributed by atoms with Gasteiger partial charge in [0, 0.05) is 69.3 Å². The van der Waals surface area contributed by atoms with Crippen molar-refractivity contribution in [3.05, 3.63) is 126 Å². The van der Waals surface area contributed by atoms with Crippen molar-refractivity contribution in [3.8, 4) is 0 Å². The van der Waals surface area contributed by atoms with E-state index in [0.29, 0.717) is 47.2 Å². The molecule has 4 aliphatic rings. The number of carbonyl (C=O) groups excluding carboxylic acids is 2. The molecule has 0 aromatic heterocycles. The zero-order valence-corrected chi connectivity index (χ0v) is 33.8. The highest BCUT2D eigenvalue weighted by Gasteiger charge is 2.62. The topological polar surface area (TPSA) is 142 Å². The van der Waals surface area contributed by atoms with Gasteiger partial charge in [-0.1, -0.05) is 102 Å². The van der Waals surface area contributed by atoms with Crippen LogP contribution in [0.3, 0.4) is 0 Å². The monoisotopic (exact) mass is 896 g/mol. The molecule has 2 saturated carbocycles. The maximum absolute atomic E-state index is 13.4. The minimum atomic E-state index is -0.927. The van der Waals surface area contributed by atoms with Crippen molar-refractivity contribution in [1.82, 2.24) is 0 Å². The van der Waals surface area contributed by atoms with Crippen LogP contribution in [0.1, 0.15) is 59.8 Å². The van der Waals surface area contributed by atoms with E-state index in [2.05, 4.69) is 52.8 Å². The summed E-state index contributed by atoms with van der Waals surface area (Å²) < 4.78 is 13.4. The molecule has 14 heteroatoms. The second kappa shape index (κ2) is 15.4. The van der Waals surface area contributed by atoms with Gasteiger partial charge < -0.3 is 30.5 Å². The number of fused-ring (bicyclic) bond motifs is 4. The van der Waals surface area contributed by atoms with Crippen molar-refractivity contribution in [2.45, 2.75) is 60.6 Å². The SMILES string of the molecule is CO[C@H]1C/C(=N/O)C[C@@H](c2cccc(Cl)c2)[C@]12C(=O)Nc1cc(Br)ccc12.CO[C@H]1C/C(=N\O)C[C@@H](c2cccc(Cl)c2)[C@]12C(=O)Nc1cc(Br)ccc12. The Kier molecular flexibility index (Phi) is 11.0. The fraction of sp³-hybridized carbons (Fsp3) is 0.300. The molecule has 2 spiro atoms. The van der Waals surface area contributed by atoms with Crippen LogP contribution in [0.4, 0.5) is 11.4 Å². The highest BCUT2D eigenvalue weighted by molar-refractivity contribution is 9.10. The average Bonchev–Trinajstić information content (AvgIpc) is 3.60. The summed E-state index contributed by atoms with van der Waals surface area (Å²) in [6.07, 6.45) is 0.714. The van der Waals surface area contributed by atoms with Crippen LogP contribution in [0.2, 0.25) is 10.0 Å². The lowest BCUT2D eigenvalue weighted by atomic mass is 9.59. The van der Waals surface area contributed by atoms with Crippen LogP contribution >= 0.6 is 55.1 Å². The summed E-state index contributed by atoms with van der Waals surface area (Å²) in [7, 11) is 3.18. The normalized spacial score (nSPS) is 28.4. The second-order valence-corrected chi connectivity index (χ2v) is 16.5. The molecule has 0 radical (unpaired) electrons. The molecule has 8 rings (SSSR count). The Bertz CT molecular complexity index is 2050. The fourth-order valence-corrected chi connectivity index (χ4v) is 10.2. The summed E-state index contributed by atoms with van der Waals surface area (Å²) in [5.41, 5.74) is 4.52. The van der Waals surface area contributed by atoms with Gasteiger partial charge in [-0.3, -0.25) is 9.59 Å². The van der Waals surface area contributed by atoms with E-state index in [1.54, 1.807) is 26.4 Å². The zero-order valence-electron chi connectivity index (χ0n) is 29.2. The van der Waals surface area contributed by atoms with Crippen LogP contribution in [0.5, 0.6) is 0 Å². The van der Waals surface area contributed by atoms with Crippen LogP contribution in [0.25, 0.3) is 0 Å². The van der Waals surface area contributed by atoms with Gasteiger partial charge in [-0.25, -0.2) is 0 Å². The smallest absolute Gasteiger partial charge is 0.238 e. The largest absolute Gasteiger partial charge is 0.411 e. The van der Waals surface area contributed by atoms with Crippen molar-refractivity contribution in [2.24, 2.45) is 10.3 Å². The van der Waals surface area contributed by atoms with Gasteiger partial charge in [-0.15, -0.1) is 0 Å². The third-order valence-corrected chi connectivity index (χ3v) is 12.7. The summed E-state index contributed by atoms with van der Waals surface area (Å²) in [5.74, 6) is -0.764. The van der Waals surface area contributed by atoms with Gasteiger partial charge in [0.25, 0.3) is 0 Å². The molecule has 280 valence electrons. The molecule has 2 heterocycles. The Labute approximate surface area is 339 Å². The van der Waals surface area contributed by atoms with E-state index in [1.165, 1.54) is 0 Å². The van der Waals surface area contributed by atoms with E-state index in [0.717, 1.165) is 42.6 Å². The van der Waals surface area contributed by atoms with Crippen molar-refractivity contribution >= 4 is 89.7 Å². The summed E-state index contributed by atoms with van der Waals surface area (Å²) in [5, 5.41) is 33.1. The van der Waals surface area contributed by atoms with Gasteiger partial charge in [0.1, 0.15) is 10.8 Å². The number of rotatable bonds is 4. The number of nitrogens with zero attached hydrogens (tertiary/aromatic N) is 2. The van der Waals surface area contributed by atoms with Crippen molar-refractivity contribution in [1.29, 1.82) is 0 Å². The molecule has 0 saturated heterocycles. The standard InChI is InChI=1S/2C20H18BrClN2O3/c2*1-27-18-10-14(24-26)9-16(11-3-2-4-13(22)7-11)20(18)15-6-5-12(21)8-17(15)23-19(20)25/h2*2-8,16,18,26H,9-10H2,1H3,(H,23,25)/b24-14+;24-14-/t2*16-,18-,20-/m00/s1. The van der Waals surface area contributed by atoms with Crippen molar-refractivity contribution < 1.29 is 29.5 Å². The van der Waals surface area contributed by atoms with Gasteiger partial charge in [0.05, 0.1) is 23.6 Å². The third kappa shape index (κ3) is 6.34. The molecule has 6 atom stereocenters. The van der Waals surface area contributed by atoms with E-state index < -0.39 is 23.0 Å². The molecule has 54 heavy (non-hydrogen) atoms. The number of ether oxygens (including phenoxy) is 2. The van der Waals surface area contributed by atoms with E-state index in [-0.39, 0.29) is 23.7 Å². The first-order chi connectivity index (χ1) is 26.0. The first kappa shape index (κ1) is 38.5. The molecule has 4 N–H and O–H groups in total. The maximum Gasteiger partial charge on any atom is 0.238 e. The Morgan fingerprint density at radius 2 is 1.06 bits per heavy atom. The molecular formula is C40H36Br2Cl2N4O6. The zero-order chi connectivity index (χ0) is 38.4. The number of hydrogen-bond acceptors (Lipinski definition) is 8. The third-order valence-electron chi connectivity index (χ3n) is 11.3. The predicted octanol–water partition coefficient (Wildman–Crippen LogP) is 9.43. The highest BCUT2D eigenvalue weighted by Crippen LogP contribution is 2.57. The number of amides is 2. The molecule has 2 aliphatic carbocycles. The second-order valence-electron chi connectivity index (χ2n) is 13.8. The van der Waals surface area contributed by atoms with Crippen LogP contribution < -0.4 is 10.6 Å². The summed E-state index contributed by atoms with van der Waals surface area (Å²) in [6.45, 7) is 0. The predicted molar refractivity (Wildman–Crippen MR) is 216 cm³/mol. The van der Waals surface area contributed by atoms with Gasteiger partial charge in [-0.05, 0) is 83.6 Å². The maximum atomic E-state index is 13.4. The molecule has 0 bridgehead atoms. The molecular weight excluding hydrogens is 863 g/mol. The Hall–Kier alpha value is -3.78. The number of oxime groups is 2. The number of nitrogens with one attached hydrogen (secondary N) is 2. The Morgan fingerprint density at radius 3 is 1.41 bits per heavy atom. The number of halogens is 4. The first-order valence-electron chi connectivity index (χ1n) is 17.2. The van der Waals surface area contributed by atoms with Gasteiger partial charge in [-0.2, -0.15) is 0 Å². The summed E-state index contributed by atoms with van der Waals surface area (Å²) >= 11 is 19.4. The van der Waals surface area contributed by atoms with E-state index in [9.17, 15) is 20.0 Å². The Morgan fingerprint density at radius 1 is 0.648 bits per heavy atom. The van der Waals surface area contributed by atoms with Crippen LogP contribution in [-0.2, 0) is 29.9 Å². The molecule has 4 aromatic carbocycles. The number of hydrogen-bond donors (Lipinski definition) is 4.